The summed E-state index contributed by atoms with van der Waals surface area (Å²) in [5.74, 6) is -1.23. The van der Waals surface area contributed by atoms with Crippen molar-refractivity contribution in [3.63, 3.8) is 0 Å². The number of aryl methyl sites for hydroxylation is 1. The van der Waals surface area contributed by atoms with Crippen molar-refractivity contribution in [2.24, 2.45) is 4.99 Å². The predicted molar refractivity (Wildman–Crippen MR) is 156 cm³/mol. The number of methoxy groups -OCH3 is 1. The molecule has 44 heavy (non-hydrogen) atoms. The average Bonchev–Trinajstić information content (AvgIpc) is 3.60. The average molecular weight is 629 g/mol. The number of aliphatic imine (C=N–C) groups is 1. The fraction of sp³-hybridized carbons (Fsp3) is 0.207. The molecule has 1 fully saturated rings. The Bertz CT molecular complexity index is 1740. The van der Waals surface area contributed by atoms with E-state index in [0.717, 1.165) is 41.1 Å². The number of carbonyl (C=O) groups excluding carboxylic acids is 2. The zero-order valence-electron chi connectivity index (χ0n) is 23.4. The van der Waals surface area contributed by atoms with E-state index >= 15 is 4.39 Å². The van der Waals surface area contributed by atoms with Gasteiger partial charge in [0.25, 0.3) is 0 Å². The number of rotatable bonds is 7. The number of benzene rings is 3. The number of thioether (sulfide) groups is 1. The molecule has 4 aromatic rings. The van der Waals surface area contributed by atoms with Crippen LogP contribution in [0, 0.1) is 12.7 Å². The molecule has 0 spiro atoms. The van der Waals surface area contributed by atoms with Gasteiger partial charge in [-0.2, -0.15) is 4.99 Å². The number of carbonyl (C=O) groups is 2. The first-order valence-electron chi connectivity index (χ1n) is 13.0. The standard InChI is InChI=1S/C29H24F4N6O4S/c1-16-4-11-24(21(12-16)17(2)42-3)39-25(40)14-44-28(39)36-27(41)35-23-10-5-18(13-22(23)30)26-34-15-38(37-26)19-6-8-20(9-7-19)43-29(31,32)33/h4-13,15,17H,14H2,1-3H3,(H,35,41)/b36-28-. The highest BCUT2D eigenvalue weighted by Gasteiger charge is 2.33. The van der Waals surface area contributed by atoms with Gasteiger partial charge in [0.05, 0.1) is 28.9 Å². The van der Waals surface area contributed by atoms with Crippen molar-refractivity contribution >= 4 is 40.2 Å². The highest BCUT2D eigenvalue weighted by Crippen LogP contribution is 2.34. The first-order valence-corrected chi connectivity index (χ1v) is 14.0. The number of ether oxygens (including phenoxy) is 2. The second kappa shape index (κ2) is 12.5. The Balaban J connectivity index is 1.31. The lowest BCUT2D eigenvalue weighted by Crippen LogP contribution is -2.31. The third-order valence-electron chi connectivity index (χ3n) is 6.47. The highest BCUT2D eigenvalue weighted by molar-refractivity contribution is 8.15. The van der Waals surface area contributed by atoms with E-state index in [-0.39, 0.29) is 40.0 Å². The Morgan fingerprint density at radius 1 is 1.11 bits per heavy atom. The van der Waals surface area contributed by atoms with Crippen LogP contribution in [0.1, 0.15) is 24.2 Å². The zero-order chi connectivity index (χ0) is 31.6. The lowest BCUT2D eigenvalue weighted by molar-refractivity contribution is -0.274. The highest BCUT2D eigenvalue weighted by atomic mass is 32.2. The normalized spacial score (nSPS) is 15.1. The van der Waals surface area contributed by atoms with Crippen molar-refractivity contribution in [2.45, 2.75) is 26.3 Å². The number of anilines is 2. The SMILES string of the molecule is COC(C)c1cc(C)ccc1N1C(=O)CS/C1=N\C(=O)Nc1ccc(-c2ncn(-c3ccc(OC(F)(F)F)cc3)n2)cc1F. The molecule has 3 amide bonds. The van der Waals surface area contributed by atoms with E-state index in [2.05, 4.69) is 25.1 Å². The predicted octanol–water partition coefficient (Wildman–Crippen LogP) is 6.66. The summed E-state index contributed by atoms with van der Waals surface area (Å²) >= 11 is 1.09. The van der Waals surface area contributed by atoms with Gasteiger partial charge in [-0.15, -0.1) is 18.3 Å². The fourth-order valence-corrected chi connectivity index (χ4v) is 5.18. The van der Waals surface area contributed by atoms with E-state index < -0.39 is 24.0 Å². The summed E-state index contributed by atoms with van der Waals surface area (Å²) in [4.78, 5) is 35.1. The molecule has 10 nitrogen and oxygen atoms in total. The molecule has 1 saturated heterocycles. The van der Waals surface area contributed by atoms with E-state index in [4.69, 9.17) is 4.74 Å². The van der Waals surface area contributed by atoms with Gasteiger partial charge in [-0.25, -0.2) is 18.9 Å². The molecule has 0 bridgehead atoms. The molecule has 228 valence electrons. The number of hydrogen-bond donors (Lipinski definition) is 1. The number of nitrogens with zero attached hydrogens (tertiary/aromatic N) is 5. The molecule has 2 heterocycles. The van der Waals surface area contributed by atoms with Gasteiger partial charge in [-0.05, 0) is 62.4 Å². The van der Waals surface area contributed by atoms with Crippen molar-refractivity contribution in [1.82, 2.24) is 14.8 Å². The molecule has 0 aliphatic carbocycles. The number of nitrogens with one attached hydrogen (secondary N) is 1. The van der Waals surface area contributed by atoms with Gasteiger partial charge in [-0.3, -0.25) is 9.69 Å². The summed E-state index contributed by atoms with van der Waals surface area (Å²) in [7, 11) is 1.56. The fourth-order valence-electron chi connectivity index (χ4n) is 4.32. The molecule has 1 aliphatic heterocycles. The van der Waals surface area contributed by atoms with E-state index in [1.54, 1.807) is 13.2 Å². The van der Waals surface area contributed by atoms with Gasteiger partial charge in [0.1, 0.15) is 17.9 Å². The van der Waals surface area contributed by atoms with Crippen molar-refractivity contribution in [3.05, 3.63) is 83.9 Å². The minimum atomic E-state index is -4.81. The number of aromatic nitrogens is 3. The first-order chi connectivity index (χ1) is 20.9. The molecule has 1 N–H and O–H groups in total. The van der Waals surface area contributed by atoms with Crippen LogP contribution in [0.5, 0.6) is 5.75 Å². The second-order valence-corrected chi connectivity index (χ2v) is 10.5. The van der Waals surface area contributed by atoms with Crippen LogP contribution in [0.15, 0.2) is 72.0 Å². The molecule has 1 atom stereocenters. The van der Waals surface area contributed by atoms with Crippen LogP contribution >= 0.6 is 11.8 Å². The van der Waals surface area contributed by atoms with E-state index in [1.165, 1.54) is 40.2 Å². The molecule has 15 heteroatoms. The van der Waals surface area contributed by atoms with Crippen LogP contribution in [-0.2, 0) is 9.53 Å². The van der Waals surface area contributed by atoms with E-state index in [1.807, 2.05) is 26.0 Å². The second-order valence-electron chi connectivity index (χ2n) is 9.53. The Morgan fingerprint density at radius 3 is 2.55 bits per heavy atom. The molecule has 3 aromatic carbocycles. The number of hydrogen-bond acceptors (Lipinski definition) is 7. The van der Waals surface area contributed by atoms with Gasteiger partial charge < -0.3 is 14.8 Å². The minimum Gasteiger partial charge on any atom is -0.406 e. The quantitative estimate of drug-likeness (QED) is 0.228. The van der Waals surface area contributed by atoms with Crippen LogP contribution in [0.25, 0.3) is 17.1 Å². The smallest absolute Gasteiger partial charge is 0.406 e. The number of alkyl halides is 3. The van der Waals surface area contributed by atoms with E-state index in [0.29, 0.717) is 11.4 Å². The molecule has 0 saturated carbocycles. The van der Waals surface area contributed by atoms with Gasteiger partial charge in [-0.1, -0.05) is 29.5 Å². The lowest BCUT2D eigenvalue weighted by Gasteiger charge is -2.23. The summed E-state index contributed by atoms with van der Waals surface area (Å²) in [5.41, 5.74) is 2.78. The summed E-state index contributed by atoms with van der Waals surface area (Å²) in [5, 5.41) is 6.79. The first kappa shape index (κ1) is 30.7. The summed E-state index contributed by atoms with van der Waals surface area (Å²) in [6.45, 7) is 3.76. The van der Waals surface area contributed by atoms with Gasteiger partial charge in [0, 0.05) is 18.2 Å². The van der Waals surface area contributed by atoms with Gasteiger partial charge in [0.15, 0.2) is 11.0 Å². The Kier molecular flexibility index (Phi) is 8.69. The molecule has 5 rings (SSSR count). The van der Waals surface area contributed by atoms with Gasteiger partial charge >= 0.3 is 12.4 Å². The topological polar surface area (TPSA) is 111 Å². The van der Waals surface area contributed by atoms with Crippen molar-refractivity contribution < 1.29 is 36.6 Å². The van der Waals surface area contributed by atoms with Crippen molar-refractivity contribution in [1.29, 1.82) is 0 Å². The van der Waals surface area contributed by atoms with Crippen LogP contribution in [0.3, 0.4) is 0 Å². The minimum absolute atomic E-state index is 0.0784. The number of amidine groups is 1. The van der Waals surface area contributed by atoms with Gasteiger partial charge in [0.2, 0.25) is 5.91 Å². The Labute approximate surface area is 252 Å². The summed E-state index contributed by atoms with van der Waals surface area (Å²) in [6.07, 6.45) is -3.82. The van der Waals surface area contributed by atoms with Crippen LogP contribution < -0.4 is 15.0 Å². The Hall–Kier alpha value is -4.76. The number of amides is 3. The van der Waals surface area contributed by atoms with Crippen molar-refractivity contribution in [3.8, 4) is 22.8 Å². The number of halogens is 4. The molecule has 1 unspecified atom stereocenters. The van der Waals surface area contributed by atoms with Crippen LogP contribution in [0.2, 0.25) is 0 Å². The lowest BCUT2D eigenvalue weighted by atomic mass is 10.0. The summed E-state index contributed by atoms with van der Waals surface area (Å²) in [6, 6.07) is 13.5. The molecular formula is C29H24F4N6O4S. The number of urea groups is 1. The molecule has 1 aliphatic rings. The van der Waals surface area contributed by atoms with Crippen LogP contribution in [-0.4, -0.2) is 51.1 Å². The maximum absolute atomic E-state index is 15.0. The van der Waals surface area contributed by atoms with Crippen LogP contribution in [0.4, 0.5) is 33.7 Å². The van der Waals surface area contributed by atoms with Crippen molar-refractivity contribution in [2.75, 3.05) is 23.1 Å². The maximum atomic E-state index is 15.0. The van der Waals surface area contributed by atoms with E-state index in [9.17, 15) is 22.8 Å². The summed E-state index contributed by atoms with van der Waals surface area (Å²) < 4.78 is 62.9. The largest absolute Gasteiger partial charge is 0.573 e. The molecule has 1 aromatic heterocycles. The zero-order valence-corrected chi connectivity index (χ0v) is 24.2. The maximum Gasteiger partial charge on any atom is 0.573 e. The third-order valence-corrected chi connectivity index (χ3v) is 7.40. The molecule has 0 radical (unpaired) electrons. The molecular weight excluding hydrogens is 604 g/mol. The monoisotopic (exact) mass is 628 g/mol. The Morgan fingerprint density at radius 2 is 1.86 bits per heavy atom. The third kappa shape index (κ3) is 6.89.